The third kappa shape index (κ3) is 3.16. The second-order valence-electron chi connectivity index (χ2n) is 6.99. The monoisotopic (exact) mass is 393 g/mol. The van der Waals surface area contributed by atoms with Gasteiger partial charge < -0.3 is 9.72 Å². The second kappa shape index (κ2) is 7.37. The number of aromatic nitrogens is 3. The lowest BCUT2D eigenvalue weighted by molar-refractivity contribution is 0.415. The molecular formula is C25H19N3O2. The van der Waals surface area contributed by atoms with Gasteiger partial charge in [0.15, 0.2) is 0 Å². The molecule has 5 nitrogen and oxygen atoms in total. The van der Waals surface area contributed by atoms with Gasteiger partial charge in [0.05, 0.1) is 29.7 Å². The van der Waals surface area contributed by atoms with Gasteiger partial charge in [-0.25, -0.2) is 4.68 Å². The Morgan fingerprint density at radius 1 is 0.833 bits per heavy atom. The average Bonchev–Trinajstić information content (AvgIpc) is 3.25. The van der Waals surface area contributed by atoms with Crippen LogP contribution in [0.25, 0.3) is 39.1 Å². The maximum Gasteiger partial charge on any atom is 0.250 e. The first kappa shape index (κ1) is 17.9. The van der Waals surface area contributed by atoms with Gasteiger partial charge in [-0.05, 0) is 24.3 Å². The zero-order valence-electron chi connectivity index (χ0n) is 16.4. The Balaban J connectivity index is 1.82. The SMILES string of the molecule is COc1ccc2[nH]c(=O)cc(-n3nc(-c4ccccc4)cc3-c3ccccc3)c2c1. The van der Waals surface area contributed by atoms with E-state index in [1.54, 1.807) is 13.2 Å². The Bertz CT molecular complexity index is 1390. The number of nitrogens with zero attached hydrogens (tertiary/aromatic N) is 2. The summed E-state index contributed by atoms with van der Waals surface area (Å²) in [5.41, 5.74) is 5.03. The van der Waals surface area contributed by atoms with Crippen LogP contribution in [0.3, 0.4) is 0 Å². The van der Waals surface area contributed by atoms with Gasteiger partial charge >= 0.3 is 0 Å². The van der Waals surface area contributed by atoms with Crippen molar-refractivity contribution in [2.45, 2.75) is 0 Å². The van der Waals surface area contributed by atoms with Crippen molar-refractivity contribution in [1.29, 1.82) is 0 Å². The Kier molecular flexibility index (Phi) is 4.41. The quantitative estimate of drug-likeness (QED) is 0.464. The van der Waals surface area contributed by atoms with Gasteiger partial charge in [0, 0.05) is 22.6 Å². The molecule has 2 aromatic heterocycles. The van der Waals surface area contributed by atoms with Crippen LogP contribution in [0.4, 0.5) is 0 Å². The summed E-state index contributed by atoms with van der Waals surface area (Å²) < 4.78 is 7.25. The third-order valence-electron chi connectivity index (χ3n) is 5.11. The standard InChI is InChI=1S/C25H19N3O2/c1-30-19-12-13-21-20(14-19)24(16-25(29)26-21)28-23(18-10-6-3-7-11-18)15-22(27-28)17-8-4-2-5-9-17/h2-16H,1H3,(H,26,29). The molecule has 0 radical (unpaired) electrons. The fourth-order valence-electron chi connectivity index (χ4n) is 3.65. The first-order valence-corrected chi connectivity index (χ1v) is 9.65. The third-order valence-corrected chi connectivity index (χ3v) is 5.11. The fourth-order valence-corrected chi connectivity index (χ4v) is 3.65. The Morgan fingerprint density at radius 2 is 1.53 bits per heavy atom. The number of rotatable bonds is 4. The number of nitrogens with one attached hydrogen (secondary N) is 1. The molecule has 5 aromatic rings. The molecule has 0 amide bonds. The molecule has 30 heavy (non-hydrogen) atoms. The molecule has 0 aliphatic rings. The zero-order valence-corrected chi connectivity index (χ0v) is 16.4. The van der Waals surface area contributed by atoms with Crippen LogP contribution in [0.15, 0.2) is 95.8 Å². The first-order chi connectivity index (χ1) is 14.7. The van der Waals surface area contributed by atoms with Gasteiger partial charge in [-0.2, -0.15) is 5.10 Å². The van der Waals surface area contributed by atoms with E-state index >= 15 is 0 Å². The van der Waals surface area contributed by atoms with E-state index in [1.165, 1.54) is 0 Å². The minimum atomic E-state index is -0.182. The van der Waals surface area contributed by atoms with E-state index in [9.17, 15) is 4.79 Å². The van der Waals surface area contributed by atoms with E-state index in [0.717, 1.165) is 33.4 Å². The highest BCUT2D eigenvalue weighted by molar-refractivity contribution is 5.89. The van der Waals surface area contributed by atoms with Crippen LogP contribution in [0.1, 0.15) is 0 Å². The van der Waals surface area contributed by atoms with Crippen molar-refractivity contribution < 1.29 is 4.74 Å². The van der Waals surface area contributed by atoms with Gasteiger partial charge in [-0.1, -0.05) is 60.7 Å². The summed E-state index contributed by atoms with van der Waals surface area (Å²) in [5, 5.41) is 5.75. The maximum atomic E-state index is 12.4. The molecule has 0 saturated carbocycles. The lowest BCUT2D eigenvalue weighted by Gasteiger charge is -2.11. The number of methoxy groups -OCH3 is 1. The van der Waals surface area contributed by atoms with E-state index in [-0.39, 0.29) is 5.56 Å². The van der Waals surface area contributed by atoms with Crippen LogP contribution in [-0.4, -0.2) is 21.9 Å². The lowest BCUT2D eigenvalue weighted by Crippen LogP contribution is -2.10. The van der Waals surface area contributed by atoms with Crippen LogP contribution < -0.4 is 10.3 Å². The first-order valence-electron chi connectivity index (χ1n) is 9.65. The summed E-state index contributed by atoms with van der Waals surface area (Å²) in [4.78, 5) is 15.3. The number of fused-ring (bicyclic) bond motifs is 1. The van der Waals surface area contributed by atoms with E-state index in [0.29, 0.717) is 11.4 Å². The van der Waals surface area contributed by atoms with Crippen molar-refractivity contribution in [3.05, 3.63) is 101 Å². The van der Waals surface area contributed by atoms with E-state index in [2.05, 4.69) is 11.1 Å². The summed E-state index contributed by atoms with van der Waals surface area (Å²) in [6.07, 6.45) is 0. The largest absolute Gasteiger partial charge is 0.497 e. The van der Waals surface area contributed by atoms with Gasteiger partial charge in [0.25, 0.3) is 5.56 Å². The Morgan fingerprint density at radius 3 is 2.23 bits per heavy atom. The smallest absolute Gasteiger partial charge is 0.250 e. The molecule has 2 heterocycles. The number of ether oxygens (including phenoxy) is 1. The zero-order chi connectivity index (χ0) is 20.5. The minimum absolute atomic E-state index is 0.182. The Labute approximate surface area is 173 Å². The predicted octanol–water partition coefficient (Wildman–Crippen LogP) is 5.06. The van der Waals surface area contributed by atoms with Crippen molar-refractivity contribution in [3.8, 4) is 34.0 Å². The number of benzene rings is 3. The van der Waals surface area contributed by atoms with Gasteiger partial charge in [-0.15, -0.1) is 0 Å². The summed E-state index contributed by atoms with van der Waals surface area (Å²) in [5.74, 6) is 0.715. The molecule has 1 N–H and O–H groups in total. The summed E-state index contributed by atoms with van der Waals surface area (Å²) in [6, 6.07) is 29.3. The van der Waals surface area contributed by atoms with Crippen molar-refractivity contribution in [2.24, 2.45) is 0 Å². The Hall–Kier alpha value is -4.12. The molecule has 3 aromatic carbocycles. The molecule has 0 aliphatic carbocycles. The second-order valence-corrected chi connectivity index (χ2v) is 6.99. The average molecular weight is 393 g/mol. The van der Waals surface area contributed by atoms with E-state index in [1.807, 2.05) is 83.5 Å². The molecule has 0 fully saturated rings. The van der Waals surface area contributed by atoms with E-state index < -0.39 is 0 Å². The number of pyridine rings is 1. The molecule has 0 bridgehead atoms. The lowest BCUT2D eigenvalue weighted by atomic mass is 10.1. The fraction of sp³-hybridized carbons (Fsp3) is 0.0400. The molecule has 146 valence electrons. The van der Waals surface area contributed by atoms with Crippen molar-refractivity contribution >= 4 is 10.9 Å². The topological polar surface area (TPSA) is 59.9 Å². The summed E-state index contributed by atoms with van der Waals surface area (Å²) in [7, 11) is 1.63. The highest BCUT2D eigenvalue weighted by atomic mass is 16.5. The van der Waals surface area contributed by atoms with Gasteiger partial charge in [0.2, 0.25) is 0 Å². The summed E-state index contributed by atoms with van der Waals surface area (Å²) >= 11 is 0. The van der Waals surface area contributed by atoms with Gasteiger partial charge in [0.1, 0.15) is 5.75 Å². The molecule has 5 rings (SSSR count). The van der Waals surface area contributed by atoms with Crippen LogP contribution in [0.5, 0.6) is 5.75 Å². The molecule has 0 unspecified atom stereocenters. The number of aromatic amines is 1. The molecule has 0 aliphatic heterocycles. The maximum absolute atomic E-state index is 12.4. The molecule has 0 saturated heterocycles. The van der Waals surface area contributed by atoms with Crippen LogP contribution in [-0.2, 0) is 0 Å². The predicted molar refractivity (Wildman–Crippen MR) is 119 cm³/mol. The molecular weight excluding hydrogens is 374 g/mol. The van der Waals surface area contributed by atoms with Crippen LogP contribution in [0.2, 0.25) is 0 Å². The van der Waals surface area contributed by atoms with Crippen molar-refractivity contribution in [2.75, 3.05) is 7.11 Å². The molecule has 5 heteroatoms. The van der Waals surface area contributed by atoms with Gasteiger partial charge in [-0.3, -0.25) is 4.79 Å². The number of hydrogen-bond donors (Lipinski definition) is 1. The molecule has 0 spiro atoms. The highest BCUT2D eigenvalue weighted by Gasteiger charge is 2.16. The highest BCUT2D eigenvalue weighted by Crippen LogP contribution is 2.31. The van der Waals surface area contributed by atoms with Crippen LogP contribution in [0, 0.1) is 0 Å². The van der Waals surface area contributed by atoms with Crippen molar-refractivity contribution in [1.82, 2.24) is 14.8 Å². The van der Waals surface area contributed by atoms with E-state index in [4.69, 9.17) is 9.84 Å². The summed E-state index contributed by atoms with van der Waals surface area (Å²) in [6.45, 7) is 0. The number of hydrogen-bond acceptors (Lipinski definition) is 3. The van der Waals surface area contributed by atoms with Crippen molar-refractivity contribution in [3.63, 3.8) is 0 Å². The molecule has 0 atom stereocenters. The van der Waals surface area contributed by atoms with Crippen LogP contribution >= 0.6 is 0 Å². The number of H-pyrrole nitrogens is 1. The minimum Gasteiger partial charge on any atom is -0.497 e. The normalized spacial score (nSPS) is 11.0.